The number of hydrogen-bond donors (Lipinski definition) is 0. The topological polar surface area (TPSA) is 76.4 Å². The Labute approximate surface area is 170 Å². The van der Waals surface area contributed by atoms with Gasteiger partial charge in [0.2, 0.25) is 5.91 Å². The summed E-state index contributed by atoms with van der Waals surface area (Å²) >= 11 is 1.46. The van der Waals surface area contributed by atoms with Crippen LogP contribution in [-0.2, 0) is 16.1 Å². The smallest absolute Gasteiger partial charge is 0.235 e. The average Bonchev–Trinajstić information content (AvgIpc) is 3.14. The minimum atomic E-state index is -0.219. The van der Waals surface area contributed by atoms with Gasteiger partial charge in [-0.25, -0.2) is 0 Å². The lowest BCUT2D eigenvalue weighted by atomic mass is 10.2. The molecule has 9 heteroatoms. The molecule has 3 heterocycles. The second-order valence-electron chi connectivity index (χ2n) is 6.71. The van der Waals surface area contributed by atoms with Crippen LogP contribution in [0.25, 0.3) is 11.4 Å². The van der Waals surface area contributed by atoms with Gasteiger partial charge in [-0.15, -0.1) is 10.2 Å². The van der Waals surface area contributed by atoms with Crippen LogP contribution in [0.2, 0.25) is 0 Å². The second-order valence-corrected chi connectivity index (χ2v) is 8.01. The lowest BCUT2D eigenvalue weighted by Crippen LogP contribution is -2.50. The zero-order valence-corrected chi connectivity index (χ0v) is 17.6. The van der Waals surface area contributed by atoms with Crippen LogP contribution in [0, 0.1) is 0 Å². The molecule has 0 saturated carbocycles. The van der Waals surface area contributed by atoms with E-state index in [4.69, 9.17) is 4.74 Å². The van der Waals surface area contributed by atoms with Gasteiger partial charge in [0, 0.05) is 51.2 Å². The van der Waals surface area contributed by atoms with Gasteiger partial charge in [0.05, 0.1) is 18.4 Å². The van der Waals surface area contributed by atoms with Gasteiger partial charge in [-0.3, -0.25) is 14.3 Å². The summed E-state index contributed by atoms with van der Waals surface area (Å²) in [5.41, 5.74) is 0.945. The van der Waals surface area contributed by atoms with Crippen molar-refractivity contribution >= 4 is 17.7 Å². The first-order valence-corrected chi connectivity index (χ1v) is 10.5. The molecule has 152 valence electrons. The van der Waals surface area contributed by atoms with E-state index in [0.29, 0.717) is 13.2 Å². The Bertz CT molecular complexity index is 761. The van der Waals surface area contributed by atoms with E-state index < -0.39 is 0 Å². The number of pyridine rings is 1. The quantitative estimate of drug-likeness (QED) is 0.619. The van der Waals surface area contributed by atoms with Crippen LogP contribution in [-0.4, -0.2) is 87.1 Å². The lowest BCUT2D eigenvalue weighted by Gasteiger charge is -2.35. The van der Waals surface area contributed by atoms with Crippen molar-refractivity contribution in [1.29, 1.82) is 0 Å². The Morgan fingerprint density at radius 2 is 1.93 bits per heavy atom. The summed E-state index contributed by atoms with van der Waals surface area (Å²) in [6.45, 7) is 9.76. The molecular formula is C19H28N6O2S. The molecule has 1 saturated heterocycles. The van der Waals surface area contributed by atoms with Crippen molar-refractivity contribution in [3.63, 3.8) is 0 Å². The number of amides is 1. The maximum Gasteiger partial charge on any atom is 0.235 e. The molecule has 1 aliphatic rings. The minimum absolute atomic E-state index is 0.160. The van der Waals surface area contributed by atoms with Gasteiger partial charge in [0.1, 0.15) is 0 Å². The normalized spacial score (nSPS) is 16.3. The standard InChI is InChI=1S/C19H28N6O2S/c1-4-23-9-11-24(12-10-23)18(26)15(2)28-19-22-21-17(25(19)13-14-27-3)16-5-7-20-8-6-16/h5-8,15H,4,9-14H2,1-3H3/t15-/m1/s1. The molecule has 0 aromatic carbocycles. The molecule has 0 radical (unpaired) electrons. The van der Waals surface area contributed by atoms with E-state index in [1.807, 2.05) is 28.5 Å². The van der Waals surface area contributed by atoms with E-state index in [0.717, 1.165) is 49.3 Å². The van der Waals surface area contributed by atoms with Gasteiger partial charge in [-0.05, 0) is 25.6 Å². The number of piperazine rings is 1. The number of thioether (sulfide) groups is 1. The largest absolute Gasteiger partial charge is 0.383 e. The van der Waals surface area contributed by atoms with Crippen LogP contribution in [0.1, 0.15) is 13.8 Å². The Morgan fingerprint density at radius 3 is 2.57 bits per heavy atom. The van der Waals surface area contributed by atoms with Gasteiger partial charge < -0.3 is 14.5 Å². The van der Waals surface area contributed by atoms with Crippen molar-refractivity contribution in [2.45, 2.75) is 30.8 Å². The monoisotopic (exact) mass is 404 g/mol. The lowest BCUT2D eigenvalue weighted by molar-refractivity contribution is -0.132. The fourth-order valence-corrected chi connectivity index (χ4v) is 4.18. The highest BCUT2D eigenvalue weighted by atomic mass is 32.2. The predicted molar refractivity (Wildman–Crippen MR) is 109 cm³/mol. The molecule has 1 fully saturated rings. The number of carbonyl (C=O) groups excluding carboxylic acids is 1. The van der Waals surface area contributed by atoms with E-state index in [9.17, 15) is 4.79 Å². The number of likely N-dealkylation sites (N-methyl/N-ethyl adjacent to an activating group) is 1. The average molecular weight is 405 g/mol. The van der Waals surface area contributed by atoms with Crippen molar-refractivity contribution in [3.05, 3.63) is 24.5 Å². The summed E-state index contributed by atoms with van der Waals surface area (Å²) in [6, 6.07) is 3.81. The van der Waals surface area contributed by atoms with Crippen LogP contribution < -0.4 is 0 Å². The molecule has 28 heavy (non-hydrogen) atoms. The number of rotatable bonds is 8. The summed E-state index contributed by atoms with van der Waals surface area (Å²) in [5.74, 6) is 0.922. The first-order chi connectivity index (χ1) is 13.6. The number of aromatic nitrogens is 4. The fraction of sp³-hybridized carbons (Fsp3) is 0.579. The van der Waals surface area contributed by atoms with Gasteiger partial charge in [0.25, 0.3) is 0 Å². The molecule has 8 nitrogen and oxygen atoms in total. The zero-order valence-electron chi connectivity index (χ0n) is 16.7. The highest BCUT2D eigenvalue weighted by molar-refractivity contribution is 8.00. The van der Waals surface area contributed by atoms with Gasteiger partial charge in [-0.1, -0.05) is 18.7 Å². The van der Waals surface area contributed by atoms with Crippen molar-refractivity contribution in [2.24, 2.45) is 0 Å². The Morgan fingerprint density at radius 1 is 1.21 bits per heavy atom. The molecule has 2 aromatic rings. The third kappa shape index (κ3) is 4.89. The molecule has 0 spiro atoms. The van der Waals surface area contributed by atoms with E-state index in [1.165, 1.54) is 11.8 Å². The number of hydrogen-bond acceptors (Lipinski definition) is 7. The van der Waals surface area contributed by atoms with Crippen molar-refractivity contribution in [3.8, 4) is 11.4 Å². The summed E-state index contributed by atoms with van der Waals surface area (Å²) in [6.07, 6.45) is 3.47. The van der Waals surface area contributed by atoms with E-state index in [2.05, 4.69) is 27.0 Å². The summed E-state index contributed by atoms with van der Waals surface area (Å²) in [5, 5.41) is 9.24. The summed E-state index contributed by atoms with van der Waals surface area (Å²) in [7, 11) is 1.67. The van der Waals surface area contributed by atoms with Gasteiger partial charge >= 0.3 is 0 Å². The van der Waals surface area contributed by atoms with Crippen LogP contribution in [0.5, 0.6) is 0 Å². The molecule has 0 bridgehead atoms. The maximum atomic E-state index is 12.9. The predicted octanol–water partition coefficient (Wildman–Crippen LogP) is 1.63. The van der Waals surface area contributed by atoms with Crippen LogP contribution in [0.3, 0.4) is 0 Å². The molecule has 1 aliphatic heterocycles. The number of nitrogens with zero attached hydrogens (tertiary/aromatic N) is 6. The maximum absolute atomic E-state index is 12.9. The Hall–Kier alpha value is -1.97. The van der Waals surface area contributed by atoms with E-state index >= 15 is 0 Å². The number of methoxy groups -OCH3 is 1. The van der Waals surface area contributed by atoms with Crippen molar-refractivity contribution in [2.75, 3.05) is 46.4 Å². The summed E-state index contributed by atoms with van der Waals surface area (Å²) < 4.78 is 7.27. The highest BCUT2D eigenvalue weighted by Gasteiger charge is 2.27. The number of carbonyl (C=O) groups is 1. The van der Waals surface area contributed by atoms with Crippen LogP contribution in [0.4, 0.5) is 0 Å². The van der Waals surface area contributed by atoms with Crippen molar-refractivity contribution < 1.29 is 9.53 Å². The van der Waals surface area contributed by atoms with Crippen LogP contribution in [0.15, 0.2) is 29.7 Å². The number of ether oxygens (including phenoxy) is 1. The van der Waals surface area contributed by atoms with Gasteiger partial charge in [-0.2, -0.15) is 0 Å². The third-order valence-corrected chi connectivity index (χ3v) is 6.00. The molecule has 0 aliphatic carbocycles. The molecule has 3 rings (SSSR count). The third-order valence-electron chi connectivity index (χ3n) is 4.94. The van der Waals surface area contributed by atoms with E-state index in [1.54, 1.807) is 19.5 Å². The SMILES string of the molecule is CCN1CCN(C(=O)[C@@H](C)Sc2nnc(-c3ccncc3)n2CCOC)CC1. The first kappa shape index (κ1) is 20.8. The molecule has 0 N–H and O–H groups in total. The molecule has 0 unspecified atom stereocenters. The fourth-order valence-electron chi connectivity index (χ4n) is 3.22. The molecule has 1 amide bonds. The van der Waals surface area contributed by atoms with Crippen molar-refractivity contribution in [1.82, 2.24) is 29.5 Å². The second kappa shape index (κ2) is 9.99. The molecule has 1 atom stereocenters. The zero-order chi connectivity index (χ0) is 19.9. The van der Waals surface area contributed by atoms with E-state index in [-0.39, 0.29) is 11.2 Å². The molecular weight excluding hydrogens is 376 g/mol. The van der Waals surface area contributed by atoms with Crippen LogP contribution >= 0.6 is 11.8 Å². The highest BCUT2D eigenvalue weighted by Crippen LogP contribution is 2.27. The Balaban J connectivity index is 1.72. The first-order valence-electron chi connectivity index (χ1n) is 9.64. The summed E-state index contributed by atoms with van der Waals surface area (Å²) in [4.78, 5) is 21.3. The minimum Gasteiger partial charge on any atom is -0.383 e. The Kier molecular flexibility index (Phi) is 7.41. The molecule has 2 aromatic heterocycles. The van der Waals surface area contributed by atoms with Gasteiger partial charge in [0.15, 0.2) is 11.0 Å².